The fourth-order valence-corrected chi connectivity index (χ4v) is 0.575. The molecule has 0 N–H and O–H groups in total. The first-order valence-corrected chi connectivity index (χ1v) is 3.08. The molecule has 0 radical (unpaired) electrons. The molecule has 0 aliphatic heterocycles. The van der Waals surface area contributed by atoms with E-state index >= 15 is 0 Å². The van der Waals surface area contributed by atoms with E-state index in [1.807, 2.05) is 0 Å². The average Bonchev–Trinajstić information content (AvgIpc) is 2.04. The molecule has 0 fully saturated rings. The normalized spacial score (nSPS) is 7.64. The molecule has 0 aliphatic rings. The second kappa shape index (κ2) is 3.55. The van der Waals surface area contributed by atoms with Gasteiger partial charge in [-0.15, -0.1) is 0 Å². The van der Waals surface area contributed by atoms with E-state index in [1.165, 1.54) is 12.4 Å². The topological polar surface area (TPSA) is 49.6 Å². The van der Waals surface area contributed by atoms with Gasteiger partial charge < -0.3 is 0 Å². The van der Waals surface area contributed by atoms with Gasteiger partial charge in [0.2, 0.25) is 5.28 Å². The van der Waals surface area contributed by atoms with Crippen LogP contribution in [0.15, 0.2) is 12.4 Å². The summed E-state index contributed by atoms with van der Waals surface area (Å²) in [5.74, 6) is 4.74. The molecule has 3 nitrogen and oxygen atoms in total. The Kier molecular flexibility index (Phi) is 2.43. The minimum absolute atomic E-state index is 0.174. The molecule has 0 spiro atoms. The van der Waals surface area contributed by atoms with Gasteiger partial charge in [-0.2, -0.15) is 5.26 Å². The lowest BCUT2D eigenvalue weighted by Gasteiger charge is -1.86. The minimum Gasteiger partial charge on any atom is -0.225 e. The zero-order chi connectivity index (χ0) is 8.10. The molecule has 1 rings (SSSR count). The third-order valence-electron chi connectivity index (χ3n) is 0.883. The highest BCUT2D eigenvalue weighted by Gasteiger charge is 1.88. The molecule has 52 valence electrons. The van der Waals surface area contributed by atoms with Gasteiger partial charge in [-0.25, -0.2) is 9.97 Å². The van der Waals surface area contributed by atoms with Crippen LogP contribution in [0.25, 0.3) is 0 Å². The fourth-order valence-electron chi connectivity index (χ4n) is 0.477. The monoisotopic (exact) mass is 163 g/mol. The SMILES string of the molecule is N#CC#Cc1cnc(Cl)nc1. The summed E-state index contributed by atoms with van der Waals surface area (Å²) < 4.78 is 0. The summed E-state index contributed by atoms with van der Waals surface area (Å²) in [5, 5.41) is 8.27. The molecular formula is C7H2ClN3. The lowest BCUT2D eigenvalue weighted by Crippen LogP contribution is -1.82. The quantitative estimate of drug-likeness (QED) is 0.424. The third kappa shape index (κ3) is 2.25. The molecule has 0 aliphatic carbocycles. The number of nitriles is 1. The summed E-state index contributed by atoms with van der Waals surface area (Å²) >= 11 is 5.41. The maximum atomic E-state index is 8.09. The van der Waals surface area contributed by atoms with Crippen LogP contribution in [0.2, 0.25) is 5.28 Å². The molecule has 0 saturated heterocycles. The van der Waals surface area contributed by atoms with Gasteiger partial charge in [0, 0.05) is 18.3 Å². The zero-order valence-corrected chi connectivity index (χ0v) is 6.13. The van der Waals surface area contributed by atoms with E-state index in [4.69, 9.17) is 16.9 Å². The molecule has 1 aromatic rings. The van der Waals surface area contributed by atoms with Crippen LogP contribution < -0.4 is 0 Å². The van der Waals surface area contributed by atoms with Crippen molar-refractivity contribution < 1.29 is 0 Å². The number of nitrogens with zero attached hydrogens (tertiary/aromatic N) is 3. The maximum absolute atomic E-state index is 8.09. The summed E-state index contributed by atoms with van der Waals surface area (Å²) in [6.07, 6.45) is 2.92. The Morgan fingerprint density at radius 2 is 2.00 bits per heavy atom. The molecule has 0 atom stereocenters. The Bertz CT molecular complexity index is 339. The van der Waals surface area contributed by atoms with Gasteiger partial charge in [-0.1, -0.05) is 0 Å². The van der Waals surface area contributed by atoms with E-state index in [2.05, 4.69) is 21.8 Å². The Labute approximate surface area is 68.7 Å². The number of aromatic nitrogens is 2. The Hall–Kier alpha value is -1.58. The molecule has 11 heavy (non-hydrogen) atoms. The van der Waals surface area contributed by atoms with Gasteiger partial charge in [0.1, 0.15) is 0 Å². The van der Waals surface area contributed by atoms with Crippen molar-refractivity contribution in [1.82, 2.24) is 9.97 Å². The first kappa shape index (κ1) is 7.53. The molecule has 4 heteroatoms. The highest BCUT2D eigenvalue weighted by atomic mass is 35.5. The lowest BCUT2D eigenvalue weighted by molar-refractivity contribution is 1.16. The largest absolute Gasteiger partial charge is 0.225 e. The summed E-state index contributed by atoms with van der Waals surface area (Å²) in [5.41, 5.74) is 0.580. The molecule has 0 bridgehead atoms. The summed E-state index contributed by atoms with van der Waals surface area (Å²) in [6.45, 7) is 0. The fraction of sp³-hybridized carbons (Fsp3) is 0. The Balaban J connectivity index is 2.93. The number of rotatable bonds is 0. The van der Waals surface area contributed by atoms with Gasteiger partial charge >= 0.3 is 0 Å². The summed E-state index contributed by atoms with van der Waals surface area (Å²) in [6, 6.07) is 1.68. The number of halogens is 1. The predicted octanol–water partition coefficient (Wildman–Crippen LogP) is 1.01. The minimum atomic E-state index is 0.174. The lowest BCUT2D eigenvalue weighted by atomic mass is 10.3. The van der Waals surface area contributed by atoms with Crippen LogP contribution in [-0.4, -0.2) is 9.97 Å². The average molecular weight is 164 g/mol. The van der Waals surface area contributed by atoms with E-state index in [-0.39, 0.29) is 5.28 Å². The van der Waals surface area contributed by atoms with Crippen molar-refractivity contribution in [1.29, 1.82) is 5.26 Å². The van der Waals surface area contributed by atoms with Crippen molar-refractivity contribution in [3.63, 3.8) is 0 Å². The van der Waals surface area contributed by atoms with E-state index in [0.29, 0.717) is 5.56 Å². The maximum Gasteiger partial charge on any atom is 0.222 e. The highest BCUT2D eigenvalue weighted by molar-refractivity contribution is 6.28. The van der Waals surface area contributed by atoms with Crippen molar-refractivity contribution in [2.75, 3.05) is 0 Å². The second-order valence-electron chi connectivity index (χ2n) is 1.60. The van der Waals surface area contributed by atoms with Crippen molar-refractivity contribution in [3.05, 3.63) is 23.2 Å². The molecule has 0 unspecified atom stereocenters. The van der Waals surface area contributed by atoms with Crippen LogP contribution in [0, 0.1) is 23.2 Å². The predicted molar refractivity (Wildman–Crippen MR) is 39.5 cm³/mol. The molecule has 1 aromatic heterocycles. The van der Waals surface area contributed by atoms with Crippen molar-refractivity contribution in [2.24, 2.45) is 0 Å². The molecule has 0 saturated carbocycles. The Morgan fingerprint density at radius 3 is 2.55 bits per heavy atom. The summed E-state index contributed by atoms with van der Waals surface area (Å²) in [4.78, 5) is 7.35. The van der Waals surface area contributed by atoms with Gasteiger partial charge in [0.15, 0.2) is 6.07 Å². The standard InChI is InChI=1S/C7H2ClN3/c8-7-10-4-6(5-11-7)2-1-3-9/h4-5H. The van der Waals surface area contributed by atoms with Gasteiger partial charge in [-0.05, 0) is 17.5 Å². The third-order valence-corrected chi connectivity index (χ3v) is 1.08. The van der Waals surface area contributed by atoms with Crippen LogP contribution in [-0.2, 0) is 0 Å². The zero-order valence-electron chi connectivity index (χ0n) is 5.37. The second-order valence-corrected chi connectivity index (χ2v) is 1.94. The molecule has 0 amide bonds. The van der Waals surface area contributed by atoms with Crippen LogP contribution in [0.3, 0.4) is 0 Å². The van der Waals surface area contributed by atoms with Gasteiger partial charge in [-0.3, -0.25) is 0 Å². The van der Waals surface area contributed by atoms with Crippen LogP contribution in [0.4, 0.5) is 0 Å². The first-order chi connectivity index (χ1) is 5.33. The van der Waals surface area contributed by atoms with Gasteiger partial charge in [0.05, 0.1) is 5.56 Å². The van der Waals surface area contributed by atoms with Crippen LogP contribution in [0.5, 0.6) is 0 Å². The first-order valence-electron chi connectivity index (χ1n) is 2.70. The van der Waals surface area contributed by atoms with Crippen molar-refractivity contribution >= 4 is 11.6 Å². The van der Waals surface area contributed by atoms with E-state index in [9.17, 15) is 0 Å². The molecule has 1 heterocycles. The Morgan fingerprint density at radius 1 is 1.36 bits per heavy atom. The van der Waals surface area contributed by atoms with Crippen LogP contribution in [0.1, 0.15) is 5.56 Å². The smallest absolute Gasteiger partial charge is 0.222 e. The van der Waals surface area contributed by atoms with Crippen LogP contribution >= 0.6 is 11.6 Å². The van der Waals surface area contributed by atoms with E-state index in [0.717, 1.165) is 0 Å². The summed E-state index contributed by atoms with van der Waals surface area (Å²) in [7, 11) is 0. The highest BCUT2D eigenvalue weighted by Crippen LogP contribution is 1.98. The van der Waals surface area contributed by atoms with E-state index in [1.54, 1.807) is 6.07 Å². The van der Waals surface area contributed by atoms with E-state index < -0.39 is 0 Å². The van der Waals surface area contributed by atoms with Crippen molar-refractivity contribution in [3.8, 4) is 17.9 Å². The molecule has 0 aromatic carbocycles. The number of hydrogen-bond acceptors (Lipinski definition) is 3. The molecular weight excluding hydrogens is 162 g/mol. The van der Waals surface area contributed by atoms with Crippen molar-refractivity contribution in [2.45, 2.75) is 0 Å². The van der Waals surface area contributed by atoms with Gasteiger partial charge in [0.25, 0.3) is 0 Å². The number of hydrogen-bond donors (Lipinski definition) is 0.